The van der Waals surface area contributed by atoms with Crippen molar-refractivity contribution in [2.24, 2.45) is 5.92 Å². The summed E-state index contributed by atoms with van der Waals surface area (Å²) in [5, 5.41) is 11.7. The molecule has 1 fully saturated rings. The number of nitrogens with one attached hydrogen (secondary N) is 1. The van der Waals surface area contributed by atoms with Gasteiger partial charge in [-0.3, -0.25) is 9.59 Å². The van der Waals surface area contributed by atoms with Gasteiger partial charge >= 0.3 is 5.97 Å². The molecule has 0 spiro atoms. The number of aliphatic carboxylic acids is 1. The quantitative estimate of drug-likeness (QED) is 0.758. The molecule has 0 aromatic heterocycles. The number of halogens is 1. The fourth-order valence-electron chi connectivity index (χ4n) is 2.97. The van der Waals surface area contributed by atoms with E-state index in [2.05, 4.69) is 26.1 Å². The number of likely N-dealkylation sites (tertiary alicyclic amines) is 1. The summed E-state index contributed by atoms with van der Waals surface area (Å²) in [6.07, 6.45) is 3.60. The van der Waals surface area contributed by atoms with Crippen molar-refractivity contribution in [3.05, 3.63) is 28.7 Å². The number of piperidine rings is 1. The zero-order valence-corrected chi connectivity index (χ0v) is 14.7. The third kappa shape index (κ3) is 6.71. The Hall–Kier alpha value is -1.40. The Kier molecular flexibility index (Phi) is 7.05. The van der Waals surface area contributed by atoms with E-state index in [-0.39, 0.29) is 12.3 Å². The third-order valence-electron chi connectivity index (χ3n) is 4.13. The summed E-state index contributed by atoms with van der Waals surface area (Å²) in [6, 6.07) is 7.55. The minimum atomic E-state index is -0.726. The normalized spacial score (nSPS) is 18.6. The lowest BCUT2D eigenvalue weighted by atomic mass is 9.93. The number of hydrogen-bond donors (Lipinski definition) is 2. The average molecular weight is 383 g/mol. The Bertz CT molecular complexity index is 550. The molecule has 2 N–H and O–H groups in total. The number of carbonyl (C=O) groups is 2. The fraction of sp³-hybridized carbons (Fsp3) is 0.529. The van der Waals surface area contributed by atoms with Crippen molar-refractivity contribution in [1.29, 1.82) is 0 Å². The first kappa shape index (κ1) is 17.9. The lowest BCUT2D eigenvalue weighted by molar-refractivity contribution is -0.137. The topological polar surface area (TPSA) is 69.6 Å². The number of benzene rings is 1. The van der Waals surface area contributed by atoms with Gasteiger partial charge in [0, 0.05) is 36.1 Å². The molecule has 1 unspecified atom stereocenters. The highest BCUT2D eigenvalue weighted by molar-refractivity contribution is 9.10. The lowest BCUT2D eigenvalue weighted by Crippen LogP contribution is -2.37. The maximum atomic E-state index is 12.0. The molecule has 1 amide bonds. The molecule has 126 valence electrons. The summed E-state index contributed by atoms with van der Waals surface area (Å²) in [7, 11) is 0. The Balaban J connectivity index is 1.72. The molecule has 1 atom stereocenters. The molecule has 2 rings (SSSR count). The predicted molar refractivity (Wildman–Crippen MR) is 93.4 cm³/mol. The van der Waals surface area contributed by atoms with Crippen LogP contribution in [-0.2, 0) is 9.59 Å². The largest absolute Gasteiger partial charge is 0.481 e. The summed E-state index contributed by atoms with van der Waals surface area (Å²) >= 11 is 3.38. The highest BCUT2D eigenvalue weighted by atomic mass is 79.9. The number of anilines is 1. The van der Waals surface area contributed by atoms with Crippen LogP contribution in [0.5, 0.6) is 0 Å². The van der Waals surface area contributed by atoms with Crippen LogP contribution >= 0.6 is 15.9 Å². The van der Waals surface area contributed by atoms with Crippen molar-refractivity contribution in [2.45, 2.75) is 32.1 Å². The SMILES string of the molecule is O=C(O)CCC1CCCN(CCC(=O)Nc2cccc(Br)c2)C1. The van der Waals surface area contributed by atoms with E-state index >= 15 is 0 Å². The van der Waals surface area contributed by atoms with Crippen LogP contribution in [-0.4, -0.2) is 41.5 Å². The van der Waals surface area contributed by atoms with Crippen molar-refractivity contribution in [2.75, 3.05) is 25.0 Å². The van der Waals surface area contributed by atoms with Gasteiger partial charge in [0.25, 0.3) is 0 Å². The van der Waals surface area contributed by atoms with Gasteiger partial charge in [0.2, 0.25) is 5.91 Å². The van der Waals surface area contributed by atoms with Gasteiger partial charge in [-0.25, -0.2) is 0 Å². The molecule has 1 heterocycles. The third-order valence-corrected chi connectivity index (χ3v) is 4.63. The number of nitrogens with zero attached hydrogens (tertiary/aromatic N) is 1. The number of amides is 1. The molecular weight excluding hydrogens is 360 g/mol. The summed E-state index contributed by atoms with van der Waals surface area (Å²) in [5.74, 6) is -0.278. The van der Waals surface area contributed by atoms with Gasteiger partial charge in [-0.15, -0.1) is 0 Å². The van der Waals surface area contributed by atoms with E-state index < -0.39 is 5.97 Å². The molecule has 0 radical (unpaired) electrons. The minimum Gasteiger partial charge on any atom is -0.481 e. The summed E-state index contributed by atoms with van der Waals surface area (Å²) < 4.78 is 0.938. The molecule has 1 aromatic carbocycles. The van der Waals surface area contributed by atoms with Crippen LogP contribution in [0.15, 0.2) is 28.7 Å². The second kappa shape index (κ2) is 9.03. The molecule has 1 aliphatic heterocycles. The Morgan fingerprint density at radius 2 is 2.17 bits per heavy atom. The number of carboxylic acid groups (broad SMARTS) is 1. The minimum absolute atomic E-state index is 0.00996. The Labute approximate surface area is 145 Å². The van der Waals surface area contributed by atoms with E-state index in [1.807, 2.05) is 24.3 Å². The molecule has 6 heteroatoms. The van der Waals surface area contributed by atoms with E-state index in [4.69, 9.17) is 5.11 Å². The average Bonchev–Trinajstić information content (AvgIpc) is 2.51. The molecule has 0 saturated carbocycles. The van der Waals surface area contributed by atoms with Crippen molar-refractivity contribution < 1.29 is 14.7 Å². The predicted octanol–water partition coefficient (Wildman–Crippen LogP) is 3.35. The van der Waals surface area contributed by atoms with Crippen LogP contribution in [0.25, 0.3) is 0 Å². The maximum Gasteiger partial charge on any atom is 0.303 e. The molecule has 23 heavy (non-hydrogen) atoms. The number of hydrogen-bond acceptors (Lipinski definition) is 3. The van der Waals surface area contributed by atoms with Crippen LogP contribution in [0.4, 0.5) is 5.69 Å². The van der Waals surface area contributed by atoms with E-state index in [0.29, 0.717) is 12.3 Å². The first-order valence-electron chi connectivity index (χ1n) is 8.02. The summed E-state index contributed by atoms with van der Waals surface area (Å²) in [5.41, 5.74) is 0.794. The van der Waals surface area contributed by atoms with Crippen LogP contribution in [0.1, 0.15) is 32.1 Å². The molecule has 1 aliphatic rings. The van der Waals surface area contributed by atoms with Crippen molar-refractivity contribution in [1.82, 2.24) is 4.90 Å². The van der Waals surface area contributed by atoms with E-state index in [1.165, 1.54) is 0 Å². The van der Waals surface area contributed by atoms with Crippen LogP contribution in [0, 0.1) is 5.92 Å². The van der Waals surface area contributed by atoms with Crippen molar-refractivity contribution >= 4 is 33.5 Å². The lowest BCUT2D eigenvalue weighted by Gasteiger charge is -2.32. The Morgan fingerprint density at radius 1 is 1.35 bits per heavy atom. The summed E-state index contributed by atoms with van der Waals surface area (Å²) in [4.78, 5) is 25.0. The molecular formula is C17H23BrN2O3. The first-order chi connectivity index (χ1) is 11.0. The van der Waals surface area contributed by atoms with Gasteiger partial charge in [-0.05, 0) is 49.9 Å². The monoisotopic (exact) mass is 382 g/mol. The van der Waals surface area contributed by atoms with E-state index in [0.717, 1.165) is 49.1 Å². The highest BCUT2D eigenvalue weighted by Gasteiger charge is 2.20. The number of carbonyl (C=O) groups excluding carboxylic acids is 1. The van der Waals surface area contributed by atoms with Crippen LogP contribution in [0.2, 0.25) is 0 Å². The molecule has 0 aliphatic carbocycles. The smallest absolute Gasteiger partial charge is 0.303 e. The second-order valence-corrected chi connectivity index (χ2v) is 6.97. The van der Waals surface area contributed by atoms with Crippen LogP contribution in [0.3, 0.4) is 0 Å². The van der Waals surface area contributed by atoms with Gasteiger partial charge < -0.3 is 15.3 Å². The van der Waals surface area contributed by atoms with Crippen LogP contribution < -0.4 is 5.32 Å². The second-order valence-electron chi connectivity index (χ2n) is 6.05. The number of rotatable bonds is 7. The van der Waals surface area contributed by atoms with E-state index in [1.54, 1.807) is 0 Å². The molecule has 0 bridgehead atoms. The van der Waals surface area contributed by atoms with E-state index in [9.17, 15) is 9.59 Å². The first-order valence-corrected chi connectivity index (χ1v) is 8.82. The fourth-order valence-corrected chi connectivity index (χ4v) is 3.37. The Morgan fingerprint density at radius 3 is 2.91 bits per heavy atom. The highest BCUT2D eigenvalue weighted by Crippen LogP contribution is 2.21. The van der Waals surface area contributed by atoms with Gasteiger partial charge in [-0.2, -0.15) is 0 Å². The number of carboxylic acids is 1. The zero-order valence-electron chi connectivity index (χ0n) is 13.1. The van der Waals surface area contributed by atoms with Crippen molar-refractivity contribution in [3.63, 3.8) is 0 Å². The van der Waals surface area contributed by atoms with Gasteiger partial charge in [-0.1, -0.05) is 22.0 Å². The van der Waals surface area contributed by atoms with Gasteiger partial charge in [0.15, 0.2) is 0 Å². The molecule has 5 nitrogen and oxygen atoms in total. The zero-order chi connectivity index (χ0) is 16.7. The molecule has 1 aromatic rings. The van der Waals surface area contributed by atoms with Gasteiger partial charge in [0.1, 0.15) is 0 Å². The maximum absolute atomic E-state index is 12.0. The molecule has 1 saturated heterocycles. The van der Waals surface area contributed by atoms with Crippen molar-refractivity contribution in [3.8, 4) is 0 Å². The standard InChI is InChI=1S/C17H23BrN2O3/c18-14-4-1-5-15(11-14)19-16(21)8-10-20-9-2-3-13(12-20)6-7-17(22)23/h1,4-5,11,13H,2-3,6-10,12H2,(H,19,21)(H,22,23). The van der Waals surface area contributed by atoms with Gasteiger partial charge in [0.05, 0.1) is 0 Å². The summed E-state index contributed by atoms with van der Waals surface area (Å²) in [6.45, 7) is 2.62.